The Morgan fingerprint density at radius 1 is 1.10 bits per heavy atom. The zero-order valence-electron chi connectivity index (χ0n) is 17.6. The van der Waals surface area contributed by atoms with Crippen molar-refractivity contribution < 1.29 is 23.9 Å². The van der Waals surface area contributed by atoms with Crippen LogP contribution in [-0.4, -0.2) is 37.0 Å². The van der Waals surface area contributed by atoms with E-state index in [0.29, 0.717) is 17.1 Å². The topological polar surface area (TPSA) is 114 Å². The molecule has 0 saturated heterocycles. The Balaban J connectivity index is 2.19. The fourth-order valence-corrected chi connectivity index (χ4v) is 3.50. The summed E-state index contributed by atoms with van der Waals surface area (Å²) in [5.74, 6) is -1.91. The highest BCUT2D eigenvalue weighted by Gasteiger charge is 2.23. The fraction of sp³-hybridized carbons (Fsp3) is 0.273. The van der Waals surface area contributed by atoms with Gasteiger partial charge in [-0.3, -0.25) is 14.9 Å². The average molecular weight is 444 g/mol. The lowest BCUT2D eigenvalue weighted by atomic mass is 10.0. The highest BCUT2D eigenvalue weighted by atomic mass is 32.1. The van der Waals surface area contributed by atoms with Crippen molar-refractivity contribution >= 4 is 40.2 Å². The van der Waals surface area contributed by atoms with Crippen molar-refractivity contribution in [1.82, 2.24) is 10.6 Å². The van der Waals surface area contributed by atoms with Gasteiger partial charge in [0.15, 0.2) is 6.61 Å². The van der Waals surface area contributed by atoms with Gasteiger partial charge < -0.3 is 15.4 Å². The van der Waals surface area contributed by atoms with Crippen LogP contribution in [0.3, 0.4) is 0 Å². The van der Waals surface area contributed by atoms with Crippen molar-refractivity contribution in [2.75, 3.05) is 18.5 Å². The van der Waals surface area contributed by atoms with Gasteiger partial charge in [-0.1, -0.05) is 42.8 Å². The molecule has 4 amide bonds. The maximum absolute atomic E-state index is 12.8. The molecule has 3 N–H and O–H groups in total. The van der Waals surface area contributed by atoms with E-state index in [1.807, 2.05) is 37.3 Å². The summed E-state index contributed by atoms with van der Waals surface area (Å²) in [4.78, 5) is 48.5. The summed E-state index contributed by atoms with van der Waals surface area (Å²) in [5.41, 5.74) is 2.29. The molecule has 2 rings (SSSR count). The molecule has 0 aliphatic rings. The zero-order valence-corrected chi connectivity index (χ0v) is 18.4. The molecule has 1 aromatic carbocycles. The third-order valence-corrected chi connectivity index (χ3v) is 4.75. The summed E-state index contributed by atoms with van der Waals surface area (Å²) < 4.78 is 5.13. The van der Waals surface area contributed by atoms with Gasteiger partial charge in [0.25, 0.3) is 5.91 Å². The number of carbonyl (C=O) groups is 4. The minimum absolute atomic E-state index is 0.148. The Morgan fingerprint density at radius 2 is 1.81 bits per heavy atom. The van der Waals surface area contributed by atoms with Gasteiger partial charge >= 0.3 is 12.0 Å². The average Bonchev–Trinajstić information content (AvgIpc) is 3.14. The first-order valence-corrected chi connectivity index (χ1v) is 10.6. The summed E-state index contributed by atoms with van der Waals surface area (Å²) >= 11 is 1.18. The van der Waals surface area contributed by atoms with E-state index < -0.39 is 24.5 Å². The number of esters is 1. The van der Waals surface area contributed by atoms with Crippen molar-refractivity contribution in [3.05, 3.63) is 52.9 Å². The second kappa shape index (κ2) is 11.7. The van der Waals surface area contributed by atoms with Gasteiger partial charge in [0.05, 0.1) is 0 Å². The Labute approximate surface area is 184 Å². The third kappa shape index (κ3) is 7.38. The number of nitrogens with one attached hydrogen (secondary N) is 3. The molecule has 31 heavy (non-hydrogen) atoms. The third-order valence-electron chi connectivity index (χ3n) is 3.86. The van der Waals surface area contributed by atoms with E-state index >= 15 is 0 Å². The van der Waals surface area contributed by atoms with Crippen LogP contribution in [0.15, 0.2) is 47.4 Å². The summed E-state index contributed by atoms with van der Waals surface area (Å²) in [7, 11) is 0. The van der Waals surface area contributed by atoms with Crippen LogP contribution in [0.1, 0.15) is 37.6 Å². The van der Waals surface area contributed by atoms with E-state index in [1.165, 1.54) is 17.4 Å². The maximum Gasteiger partial charge on any atom is 0.342 e. The van der Waals surface area contributed by atoms with Crippen LogP contribution in [0.5, 0.6) is 0 Å². The molecule has 0 atom stereocenters. The number of amides is 4. The van der Waals surface area contributed by atoms with Crippen LogP contribution in [0, 0.1) is 0 Å². The first kappa shape index (κ1) is 23.8. The van der Waals surface area contributed by atoms with Crippen LogP contribution in [-0.2, 0) is 14.3 Å². The fourth-order valence-electron chi connectivity index (χ4n) is 2.54. The Kier molecular flexibility index (Phi) is 8.95. The van der Waals surface area contributed by atoms with Crippen molar-refractivity contribution in [1.29, 1.82) is 0 Å². The quantitative estimate of drug-likeness (QED) is 0.425. The van der Waals surface area contributed by atoms with Crippen molar-refractivity contribution in [2.24, 2.45) is 0 Å². The molecule has 2 aromatic rings. The standard InChI is InChI=1S/C22H25N3O5S/c1-4-10-23-22(29)25-18(27)12-30-21(28)19-16(15-8-6-5-7-9-15)13-31-20(19)24-17(26)11-14(2)3/h5-9,11,13H,4,10,12H2,1-3H3,(H,24,26)(H2,23,25,27,29). The molecule has 0 radical (unpaired) electrons. The van der Waals surface area contributed by atoms with Crippen molar-refractivity contribution in [2.45, 2.75) is 27.2 Å². The molecule has 0 aliphatic carbocycles. The van der Waals surface area contributed by atoms with E-state index in [2.05, 4.69) is 16.0 Å². The van der Waals surface area contributed by atoms with Crippen LogP contribution in [0.25, 0.3) is 11.1 Å². The Morgan fingerprint density at radius 3 is 2.45 bits per heavy atom. The first-order valence-electron chi connectivity index (χ1n) is 9.69. The van der Waals surface area contributed by atoms with Gasteiger partial charge in [0.1, 0.15) is 10.6 Å². The van der Waals surface area contributed by atoms with Crippen LogP contribution >= 0.6 is 11.3 Å². The molecule has 164 valence electrons. The Hall–Kier alpha value is -3.46. The number of ether oxygens (including phenoxy) is 1. The number of allylic oxidation sites excluding steroid dienone is 1. The van der Waals surface area contributed by atoms with Crippen molar-refractivity contribution in [3.8, 4) is 11.1 Å². The normalized spacial score (nSPS) is 10.0. The van der Waals surface area contributed by atoms with Crippen LogP contribution < -0.4 is 16.0 Å². The SMILES string of the molecule is CCCNC(=O)NC(=O)COC(=O)c1c(-c2ccccc2)csc1NC(=O)C=C(C)C. The number of hydrogen-bond donors (Lipinski definition) is 3. The molecule has 8 nitrogen and oxygen atoms in total. The minimum Gasteiger partial charge on any atom is -0.452 e. The lowest BCUT2D eigenvalue weighted by molar-refractivity contribution is -0.123. The van der Waals surface area contributed by atoms with Gasteiger partial charge in [-0.2, -0.15) is 0 Å². The molecule has 0 aliphatic heterocycles. The molecule has 0 unspecified atom stereocenters. The molecule has 0 bridgehead atoms. The zero-order chi connectivity index (χ0) is 22.8. The number of hydrogen-bond acceptors (Lipinski definition) is 6. The largest absolute Gasteiger partial charge is 0.452 e. The van der Waals surface area contributed by atoms with E-state index in [-0.39, 0.29) is 11.5 Å². The molecular weight excluding hydrogens is 418 g/mol. The van der Waals surface area contributed by atoms with Crippen LogP contribution in [0.2, 0.25) is 0 Å². The van der Waals surface area contributed by atoms with Crippen LogP contribution in [0.4, 0.5) is 9.80 Å². The number of urea groups is 1. The van der Waals surface area contributed by atoms with E-state index in [0.717, 1.165) is 17.6 Å². The van der Waals surface area contributed by atoms with Gasteiger partial charge in [-0.25, -0.2) is 9.59 Å². The smallest absolute Gasteiger partial charge is 0.342 e. The monoisotopic (exact) mass is 443 g/mol. The molecule has 0 saturated carbocycles. The number of thiophene rings is 1. The molecule has 1 heterocycles. The summed E-state index contributed by atoms with van der Waals surface area (Å²) in [6, 6.07) is 8.49. The van der Waals surface area contributed by atoms with Gasteiger partial charge in [-0.15, -0.1) is 11.3 Å². The minimum atomic E-state index is -0.781. The number of carbonyl (C=O) groups excluding carboxylic acids is 4. The molecule has 0 spiro atoms. The molecular formula is C22H25N3O5S. The lowest BCUT2D eigenvalue weighted by Gasteiger charge is -2.10. The molecule has 1 aromatic heterocycles. The first-order chi connectivity index (χ1) is 14.8. The number of imide groups is 1. The number of rotatable bonds is 8. The number of benzene rings is 1. The lowest BCUT2D eigenvalue weighted by Crippen LogP contribution is -2.41. The molecule has 0 fully saturated rings. The van der Waals surface area contributed by atoms with E-state index in [1.54, 1.807) is 19.2 Å². The highest BCUT2D eigenvalue weighted by Crippen LogP contribution is 2.36. The highest BCUT2D eigenvalue weighted by molar-refractivity contribution is 7.15. The van der Waals surface area contributed by atoms with Gasteiger partial charge in [-0.05, 0) is 25.8 Å². The second-order valence-electron chi connectivity index (χ2n) is 6.81. The maximum atomic E-state index is 12.8. The second-order valence-corrected chi connectivity index (χ2v) is 7.69. The summed E-state index contributed by atoms with van der Waals surface area (Å²) in [6.45, 7) is 5.23. The molecule has 9 heteroatoms. The summed E-state index contributed by atoms with van der Waals surface area (Å²) in [5, 5.41) is 9.33. The predicted molar refractivity (Wildman–Crippen MR) is 120 cm³/mol. The number of anilines is 1. The van der Waals surface area contributed by atoms with Crippen molar-refractivity contribution in [3.63, 3.8) is 0 Å². The predicted octanol–water partition coefficient (Wildman–Crippen LogP) is 3.71. The van der Waals surface area contributed by atoms with Gasteiger partial charge in [0, 0.05) is 23.6 Å². The van der Waals surface area contributed by atoms with E-state index in [4.69, 9.17) is 4.74 Å². The Bertz CT molecular complexity index is 978. The summed E-state index contributed by atoms with van der Waals surface area (Å²) in [6.07, 6.45) is 2.14. The van der Waals surface area contributed by atoms with Gasteiger partial charge in [0.2, 0.25) is 5.91 Å². The van der Waals surface area contributed by atoms with E-state index in [9.17, 15) is 19.2 Å².